The highest BCUT2D eigenvalue weighted by Gasteiger charge is 2.23. The highest BCUT2D eigenvalue weighted by atomic mass is 79.9. The monoisotopic (exact) mass is 483 g/mol. The number of rotatable bonds is 3. The van der Waals surface area contributed by atoms with Gasteiger partial charge in [0, 0.05) is 53.9 Å². The molecular weight excluding hydrogens is 470 g/mol. The van der Waals surface area contributed by atoms with Gasteiger partial charge in [0.2, 0.25) is 15.0 Å². The fourth-order valence-corrected chi connectivity index (χ4v) is 4.37. The van der Waals surface area contributed by atoms with Crippen molar-refractivity contribution < 1.29 is 12.8 Å². The van der Waals surface area contributed by atoms with Crippen LogP contribution in [0.4, 0.5) is 0 Å². The van der Waals surface area contributed by atoms with Crippen molar-refractivity contribution in [1.82, 2.24) is 14.9 Å². The fourth-order valence-electron chi connectivity index (χ4n) is 3.20. The first-order valence-electron chi connectivity index (χ1n) is 8.40. The molecule has 3 heterocycles. The van der Waals surface area contributed by atoms with Gasteiger partial charge in [0.25, 0.3) is 0 Å². The molecule has 0 fully saturated rings. The SMILES string of the molecule is CS(=O)(=O)c1ncc2c(n1)CCN(Cc1c(Cl)c3cc(Br)ccc3oc1=O)C2. The van der Waals surface area contributed by atoms with E-state index in [2.05, 4.69) is 25.9 Å². The van der Waals surface area contributed by atoms with E-state index in [1.165, 1.54) is 6.20 Å². The number of hydrogen-bond donors (Lipinski definition) is 0. The van der Waals surface area contributed by atoms with Crippen LogP contribution in [0.5, 0.6) is 0 Å². The van der Waals surface area contributed by atoms with E-state index in [-0.39, 0.29) is 5.16 Å². The summed E-state index contributed by atoms with van der Waals surface area (Å²) in [6.07, 6.45) is 3.18. The molecule has 0 atom stereocenters. The molecule has 28 heavy (non-hydrogen) atoms. The first-order chi connectivity index (χ1) is 13.2. The Morgan fingerprint density at radius 2 is 2.14 bits per heavy atom. The van der Waals surface area contributed by atoms with Crippen molar-refractivity contribution in [2.75, 3.05) is 12.8 Å². The number of nitrogens with zero attached hydrogens (tertiary/aromatic N) is 3. The van der Waals surface area contributed by atoms with Crippen molar-refractivity contribution in [3.05, 3.63) is 61.1 Å². The number of hydrogen-bond acceptors (Lipinski definition) is 7. The lowest BCUT2D eigenvalue weighted by Gasteiger charge is -2.27. The molecule has 0 amide bonds. The molecule has 0 saturated heterocycles. The molecule has 1 aliphatic rings. The van der Waals surface area contributed by atoms with Crippen LogP contribution >= 0.6 is 27.5 Å². The van der Waals surface area contributed by atoms with E-state index in [1.54, 1.807) is 12.1 Å². The van der Waals surface area contributed by atoms with Crippen LogP contribution in [0.3, 0.4) is 0 Å². The molecule has 2 aromatic heterocycles. The molecule has 0 N–H and O–H groups in total. The van der Waals surface area contributed by atoms with Crippen LogP contribution in [-0.2, 0) is 29.3 Å². The van der Waals surface area contributed by atoms with E-state index in [1.807, 2.05) is 11.0 Å². The van der Waals surface area contributed by atoms with Crippen molar-refractivity contribution in [3.8, 4) is 0 Å². The van der Waals surface area contributed by atoms with Crippen molar-refractivity contribution in [1.29, 1.82) is 0 Å². The Kier molecular flexibility index (Phi) is 5.03. The second-order valence-electron chi connectivity index (χ2n) is 6.68. The average Bonchev–Trinajstić information content (AvgIpc) is 2.64. The Morgan fingerprint density at radius 1 is 1.36 bits per heavy atom. The zero-order valence-corrected chi connectivity index (χ0v) is 17.9. The smallest absolute Gasteiger partial charge is 0.342 e. The fraction of sp³-hybridized carbons (Fsp3) is 0.278. The van der Waals surface area contributed by atoms with Crippen LogP contribution in [0.1, 0.15) is 16.8 Å². The van der Waals surface area contributed by atoms with E-state index in [4.69, 9.17) is 16.0 Å². The topological polar surface area (TPSA) is 93.4 Å². The number of sulfone groups is 1. The lowest BCUT2D eigenvalue weighted by atomic mass is 10.1. The van der Waals surface area contributed by atoms with Crippen LogP contribution in [0.2, 0.25) is 5.02 Å². The van der Waals surface area contributed by atoms with Crippen molar-refractivity contribution in [3.63, 3.8) is 0 Å². The second kappa shape index (κ2) is 7.22. The number of halogens is 2. The largest absolute Gasteiger partial charge is 0.422 e. The molecule has 1 aliphatic heterocycles. The minimum atomic E-state index is -3.44. The molecule has 0 aliphatic carbocycles. The van der Waals surface area contributed by atoms with Gasteiger partial charge in [-0.05, 0) is 18.2 Å². The molecule has 0 radical (unpaired) electrons. The summed E-state index contributed by atoms with van der Waals surface area (Å²) < 4.78 is 29.5. The zero-order valence-electron chi connectivity index (χ0n) is 14.8. The third kappa shape index (κ3) is 3.71. The Balaban J connectivity index is 1.64. The highest BCUT2D eigenvalue weighted by Crippen LogP contribution is 2.29. The summed E-state index contributed by atoms with van der Waals surface area (Å²) in [5, 5.41) is 0.884. The van der Waals surface area contributed by atoms with Gasteiger partial charge in [-0.1, -0.05) is 27.5 Å². The van der Waals surface area contributed by atoms with Gasteiger partial charge in [0.05, 0.1) is 16.3 Å². The quantitative estimate of drug-likeness (QED) is 0.417. The molecule has 0 bridgehead atoms. The van der Waals surface area contributed by atoms with Gasteiger partial charge in [0.1, 0.15) is 5.58 Å². The third-order valence-electron chi connectivity index (χ3n) is 4.60. The third-order valence-corrected chi connectivity index (χ3v) is 6.38. The maximum absolute atomic E-state index is 12.4. The summed E-state index contributed by atoms with van der Waals surface area (Å²) in [7, 11) is -3.44. The van der Waals surface area contributed by atoms with E-state index in [9.17, 15) is 13.2 Å². The summed E-state index contributed by atoms with van der Waals surface area (Å²) in [6, 6.07) is 5.30. The predicted octanol–water partition coefficient (Wildman–Crippen LogP) is 2.96. The molecule has 1 aromatic carbocycles. The van der Waals surface area contributed by atoms with E-state index in [0.29, 0.717) is 53.3 Å². The lowest BCUT2D eigenvalue weighted by Crippen LogP contribution is -2.33. The number of benzene rings is 1. The molecule has 146 valence electrons. The Morgan fingerprint density at radius 3 is 2.89 bits per heavy atom. The van der Waals surface area contributed by atoms with Crippen LogP contribution in [-0.4, -0.2) is 36.1 Å². The molecule has 3 aromatic rings. The van der Waals surface area contributed by atoms with Crippen LogP contribution in [0.25, 0.3) is 11.0 Å². The lowest BCUT2D eigenvalue weighted by molar-refractivity contribution is 0.239. The predicted molar refractivity (Wildman–Crippen MR) is 108 cm³/mol. The summed E-state index contributed by atoms with van der Waals surface area (Å²) in [5.41, 5.74) is 1.92. The van der Waals surface area contributed by atoms with Crippen molar-refractivity contribution in [2.45, 2.75) is 24.7 Å². The van der Waals surface area contributed by atoms with E-state index < -0.39 is 15.5 Å². The zero-order chi connectivity index (χ0) is 20.1. The number of aromatic nitrogens is 2. The standard InChI is InChI=1S/C18H15BrClN3O4S/c1-28(25,26)18-21-7-10-8-23(5-4-14(10)22-18)9-13-16(20)12-6-11(19)2-3-15(12)27-17(13)24/h2-3,6-7H,4-5,8-9H2,1H3. The summed E-state index contributed by atoms with van der Waals surface area (Å²) >= 11 is 9.91. The van der Waals surface area contributed by atoms with Crippen LogP contribution in [0, 0.1) is 0 Å². The first kappa shape index (κ1) is 19.5. The van der Waals surface area contributed by atoms with Gasteiger partial charge < -0.3 is 4.42 Å². The van der Waals surface area contributed by atoms with Crippen molar-refractivity contribution >= 4 is 48.3 Å². The van der Waals surface area contributed by atoms with Gasteiger partial charge in [-0.25, -0.2) is 23.2 Å². The van der Waals surface area contributed by atoms with Gasteiger partial charge >= 0.3 is 5.63 Å². The second-order valence-corrected chi connectivity index (χ2v) is 9.88. The maximum Gasteiger partial charge on any atom is 0.342 e. The summed E-state index contributed by atoms with van der Waals surface area (Å²) in [6.45, 7) is 1.42. The maximum atomic E-state index is 12.4. The van der Waals surface area contributed by atoms with E-state index >= 15 is 0 Å². The summed E-state index contributed by atoms with van der Waals surface area (Å²) in [5.74, 6) is 0. The first-order valence-corrected chi connectivity index (χ1v) is 11.5. The Hall–Kier alpha value is -1.81. The molecule has 4 rings (SSSR count). The molecular formula is C18H15BrClN3O4S. The van der Waals surface area contributed by atoms with Gasteiger partial charge in [-0.3, -0.25) is 4.90 Å². The van der Waals surface area contributed by atoms with Crippen LogP contribution < -0.4 is 5.63 Å². The molecule has 0 unspecified atom stereocenters. The van der Waals surface area contributed by atoms with Gasteiger partial charge in [-0.15, -0.1) is 0 Å². The Bertz CT molecular complexity index is 1260. The molecule has 0 saturated carbocycles. The van der Waals surface area contributed by atoms with Crippen LogP contribution in [0.15, 0.2) is 43.2 Å². The minimum Gasteiger partial charge on any atom is -0.422 e. The molecule has 7 nitrogen and oxygen atoms in total. The number of fused-ring (bicyclic) bond motifs is 2. The highest BCUT2D eigenvalue weighted by molar-refractivity contribution is 9.10. The average molecular weight is 485 g/mol. The van der Waals surface area contributed by atoms with Gasteiger partial charge in [0.15, 0.2) is 0 Å². The minimum absolute atomic E-state index is 0.163. The molecule has 10 heteroatoms. The Labute approximate surface area is 174 Å². The van der Waals surface area contributed by atoms with E-state index in [0.717, 1.165) is 16.3 Å². The summed E-state index contributed by atoms with van der Waals surface area (Å²) in [4.78, 5) is 22.6. The van der Waals surface area contributed by atoms with Gasteiger partial charge in [-0.2, -0.15) is 0 Å². The van der Waals surface area contributed by atoms with Crippen molar-refractivity contribution in [2.24, 2.45) is 0 Å². The molecule has 0 spiro atoms. The normalized spacial score (nSPS) is 15.0.